The molecule has 1 saturated carbocycles. The molecule has 0 aliphatic heterocycles. The number of hydrogen-bond acceptors (Lipinski definition) is 3. The van der Waals surface area contributed by atoms with Crippen LogP contribution in [-0.2, 0) is 0 Å². The van der Waals surface area contributed by atoms with Gasteiger partial charge in [0.15, 0.2) is 11.5 Å². The normalized spacial score (nSPS) is 17.8. The summed E-state index contributed by atoms with van der Waals surface area (Å²) in [6.07, 6.45) is -0.559. The number of carbonyl (C=O) groups is 1. The minimum atomic E-state index is -4.86. The average molecular weight is 318 g/mol. The molecule has 0 radical (unpaired) electrons. The lowest BCUT2D eigenvalue weighted by Gasteiger charge is -2.34. The Labute approximate surface area is 125 Å². The van der Waals surface area contributed by atoms with Crippen LogP contribution in [0.25, 0.3) is 0 Å². The lowest BCUT2D eigenvalue weighted by Crippen LogP contribution is -2.35. The quantitative estimate of drug-likeness (QED) is 0.895. The van der Waals surface area contributed by atoms with Crippen molar-refractivity contribution < 1.29 is 32.5 Å². The van der Waals surface area contributed by atoms with Crippen LogP contribution in [0.1, 0.15) is 49.4 Å². The van der Waals surface area contributed by atoms with Gasteiger partial charge in [0.2, 0.25) is 0 Å². The van der Waals surface area contributed by atoms with E-state index in [0.717, 1.165) is 37.5 Å². The molecule has 7 heteroatoms. The second-order valence-corrected chi connectivity index (χ2v) is 5.63. The van der Waals surface area contributed by atoms with Gasteiger partial charge in [-0.2, -0.15) is 0 Å². The van der Waals surface area contributed by atoms with Gasteiger partial charge >= 0.3 is 12.3 Å². The van der Waals surface area contributed by atoms with Crippen LogP contribution in [0.15, 0.2) is 18.2 Å². The molecule has 1 aromatic carbocycles. The zero-order valence-corrected chi connectivity index (χ0v) is 12.1. The van der Waals surface area contributed by atoms with Crippen molar-refractivity contribution in [2.75, 3.05) is 0 Å². The molecule has 1 aliphatic carbocycles. The highest BCUT2D eigenvalue weighted by Gasteiger charge is 2.35. The van der Waals surface area contributed by atoms with Gasteiger partial charge in [-0.05, 0) is 50.8 Å². The number of alkyl halides is 3. The summed E-state index contributed by atoms with van der Waals surface area (Å²) in [5, 5.41) is 8.98. The molecule has 1 aromatic rings. The minimum absolute atomic E-state index is 0.149. The summed E-state index contributed by atoms with van der Waals surface area (Å²) in [7, 11) is 0. The summed E-state index contributed by atoms with van der Waals surface area (Å²) < 4.78 is 47.0. The molecule has 0 unspecified atom stereocenters. The van der Waals surface area contributed by atoms with Crippen molar-refractivity contribution in [1.29, 1.82) is 0 Å². The van der Waals surface area contributed by atoms with Crippen LogP contribution in [0.3, 0.4) is 0 Å². The fraction of sp³-hybridized carbons (Fsp3) is 0.533. The first-order chi connectivity index (χ1) is 10.2. The Balaban J connectivity index is 2.32. The minimum Gasteiger partial charge on any atom is -0.484 e. The molecule has 2 rings (SSSR count). The molecule has 0 amide bonds. The van der Waals surface area contributed by atoms with Crippen LogP contribution in [0.5, 0.6) is 11.5 Å². The van der Waals surface area contributed by atoms with Crippen molar-refractivity contribution in [2.45, 2.75) is 51.0 Å². The zero-order valence-electron chi connectivity index (χ0n) is 12.1. The Bertz CT molecular complexity index is 548. The molecule has 0 atom stereocenters. The highest BCUT2D eigenvalue weighted by molar-refractivity contribution is 5.88. The maximum atomic E-state index is 12.5. The Morgan fingerprint density at radius 1 is 1.18 bits per heavy atom. The third kappa shape index (κ3) is 4.29. The summed E-state index contributed by atoms with van der Waals surface area (Å²) in [5.74, 6) is -1.96. The van der Waals surface area contributed by atoms with Crippen LogP contribution in [-0.4, -0.2) is 23.0 Å². The number of hydrogen-bond donors (Lipinski definition) is 1. The second-order valence-electron chi connectivity index (χ2n) is 5.63. The molecule has 4 nitrogen and oxygen atoms in total. The monoisotopic (exact) mass is 318 g/mol. The highest BCUT2D eigenvalue weighted by Crippen LogP contribution is 2.39. The van der Waals surface area contributed by atoms with E-state index in [4.69, 9.17) is 9.84 Å². The average Bonchev–Trinajstić information content (AvgIpc) is 2.39. The van der Waals surface area contributed by atoms with Crippen molar-refractivity contribution in [2.24, 2.45) is 0 Å². The molecule has 0 aromatic heterocycles. The van der Waals surface area contributed by atoms with Crippen molar-refractivity contribution >= 4 is 5.97 Å². The maximum Gasteiger partial charge on any atom is 0.573 e. The van der Waals surface area contributed by atoms with Gasteiger partial charge in [-0.1, -0.05) is 6.42 Å². The van der Waals surface area contributed by atoms with Crippen LogP contribution in [0, 0.1) is 0 Å². The van der Waals surface area contributed by atoms with Crippen LogP contribution in [0.2, 0.25) is 0 Å². The molecule has 0 bridgehead atoms. The molecular weight excluding hydrogens is 301 g/mol. The highest BCUT2D eigenvalue weighted by atomic mass is 19.4. The fourth-order valence-electron chi connectivity index (χ4n) is 2.60. The Morgan fingerprint density at radius 2 is 1.82 bits per heavy atom. The lowest BCUT2D eigenvalue weighted by molar-refractivity contribution is -0.275. The number of carboxylic acids is 1. The smallest absolute Gasteiger partial charge is 0.484 e. The number of benzene rings is 1. The first-order valence-electron chi connectivity index (χ1n) is 7.01. The predicted octanol–water partition coefficient (Wildman–Crippen LogP) is 4.39. The van der Waals surface area contributed by atoms with E-state index in [9.17, 15) is 18.0 Å². The van der Waals surface area contributed by atoms with Gasteiger partial charge in [0.05, 0.1) is 5.56 Å². The molecule has 0 heterocycles. The van der Waals surface area contributed by atoms with Crippen molar-refractivity contribution in [1.82, 2.24) is 0 Å². The largest absolute Gasteiger partial charge is 0.573 e. The van der Waals surface area contributed by atoms with E-state index >= 15 is 0 Å². The molecule has 1 aliphatic rings. The van der Waals surface area contributed by atoms with Gasteiger partial charge in [0.25, 0.3) is 0 Å². The van der Waals surface area contributed by atoms with E-state index in [0.29, 0.717) is 12.8 Å². The van der Waals surface area contributed by atoms with E-state index in [-0.39, 0.29) is 11.3 Å². The van der Waals surface area contributed by atoms with Crippen molar-refractivity contribution in [3.63, 3.8) is 0 Å². The fourth-order valence-corrected chi connectivity index (χ4v) is 2.60. The predicted molar refractivity (Wildman–Crippen MR) is 72.2 cm³/mol. The topological polar surface area (TPSA) is 55.8 Å². The van der Waals surface area contributed by atoms with E-state index in [2.05, 4.69) is 4.74 Å². The summed E-state index contributed by atoms with van der Waals surface area (Å²) in [6.45, 7) is 1.82. The summed E-state index contributed by atoms with van der Waals surface area (Å²) >= 11 is 0. The molecule has 0 spiro atoms. The Hall–Kier alpha value is -1.92. The van der Waals surface area contributed by atoms with E-state index < -0.39 is 23.7 Å². The van der Waals surface area contributed by atoms with Gasteiger partial charge in [-0.3, -0.25) is 0 Å². The number of ether oxygens (including phenoxy) is 2. The molecule has 0 saturated heterocycles. The van der Waals surface area contributed by atoms with Gasteiger partial charge in [-0.25, -0.2) is 4.79 Å². The van der Waals surface area contributed by atoms with E-state index in [1.165, 1.54) is 0 Å². The molecule has 1 fully saturated rings. The van der Waals surface area contributed by atoms with Crippen LogP contribution < -0.4 is 9.47 Å². The van der Waals surface area contributed by atoms with Crippen molar-refractivity contribution in [3.05, 3.63) is 23.8 Å². The number of rotatable bonds is 4. The second kappa shape index (κ2) is 6.06. The zero-order chi connectivity index (χ0) is 16.4. The molecule has 1 N–H and O–H groups in total. The lowest BCUT2D eigenvalue weighted by atomic mass is 9.86. The van der Waals surface area contributed by atoms with Crippen molar-refractivity contribution in [3.8, 4) is 11.5 Å². The first kappa shape index (κ1) is 16.5. The molecule has 22 heavy (non-hydrogen) atoms. The van der Waals surface area contributed by atoms with Gasteiger partial charge in [0.1, 0.15) is 5.60 Å². The van der Waals surface area contributed by atoms with Crippen LogP contribution in [0.4, 0.5) is 13.2 Å². The number of carboxylic acid groups (broad SMARTS) is 1. The maximum absolute atomic E-state index is 12.5. The summed E-state index contributed by atoms with van der Waals surface area (Å²) in [6, 6.07) is 3.10. The SMILES string of the molecule is CC1(Oc2cc(C(=O)O)ccc2OC(F)(F)F)CCCCC1. The summed E-state index contributed by atoms with van der Waals surface area (Å²) in [5.41, 5.74) is -0.761. The number of aromatic carboxylic acids is 1. The summed E-state index contributed by atoms with van der Waals surface area (Å²) in [4.78, 5) is 11.0. The Kier molecular flexibility index (Phi) is 4.53. The van der Waals surface area contributed by atoms with Gasteiger partial charge in [-0.15, -0.1) is 13.2 Å². The van der Waals surface area contributed by atoms with Gasteiger partial charge < -0.3 is 14.6 Å². The third-order valence-corrected chi connectivity index (χ3v) is 3.68. The van der Waals surface area contributed by atoms with Gasteiger partial charge in [0, 0.05) is 0 Å². The first-order valence-corrected chi connectivity index (χ1v) is 7.01. The molecular formula is C15H17F3O4. The Morgan fingerprint density at radius 3 is 2.36 bits per heavy atom. The van der Waals surface area contributed by atoms with Crippen LogP contribution >= 0.6 is 0 Å². The molecule has 122 valence electrons. The van der Waals surface area contributed by atoms with E-state index in [1.54, 1.807) is 0 Å². The third-order valence-electron chi connectivity index (χ3n) is 3.68. The van der Waals surface area contributed by atoms with E-state index in [1.807, 2.05) is 6.92 Å². The standard InChI is InChI=1S/C15H17F3O4/c1-14(7-3-2-4-8-14)21-12-9-10(13(19)20)5-6-11(12)22-15(16,17)18/h5-6,9H,2-4,7-8H2,1H3,(H,19,20). The number of halogens is 3.